The lowest BCUT2D eigenvalue weighted by atomic mass is 10.2. The van der Waals surface area contributed by atoms with Gasteiger partial charge in [-0.3, -0.25) is 0 Å². The Morgan fingerprint density at radius 2 is 1.77 bits per heavy atom. The third kappa shape index (κ3) is 4.86. The van der Waals surface area contributed by atoms with Crippen LogP contribution in [0.15, 0.2) is 24.3 Å². The first-order valence-corrected chi connectivity index (χ1v) is 4.44. The third-order valence-corrected chi connectivity index (χ3v) is 1.52. The minimum absolute atomic E-state index is 0.0417. The van der Waals surface area contributed by atoms with Crippen molar-refractivity contribution in [3.63, 3.8) is 0 Å². The topological polar surface area (TPSA) is 44.0 Å². The number of para-hydroxylation sites is 1. The van der Waals surface area contributed by atoms with Crippen molar-refractivity contribution in [1.82, 2.24) is 0 Å². The lowest BCUT2D eigenvalue weighted by Gasteiger charge is -1.89. The summed E-state index contributed by atoms with van der Waals surface area (Å²) < 4.78 is 0. The van der Waals surface area contributed by atoms with E-state index in [0.29, 0.717) is 5.56 Å². The Balaban J connectivity index is 0.000000310. The summed E-state index contributed by atoms with van der Waals surface area (Å²) >= 11 is 0. The number of aromatic hydroxyl groups is 1. The van der Waals surface area contributed by atoms with Gasteiger partial charge in [-0.25, -0.2) is 0 Å². The van der Waals surface area contributed by atoms with Crippen LogP contribution in [0.4, 0.5) is 0 Å². The summed E-state index contributed by atoms with van der Waals surface area (Å²) in [4.78, 5) is 0. The Hall–Kier alpha value is -1.49. The van der Waals surface area contributed by atoms with Gasteiger partial charge in [0.15, 0.2) is 0 Å². The number of hydrogen-bond donors (Lipinski definition) is 1. The van der Waals surface area contributed by atoms with Crippen molar-refractivity contribution in [2.45, 2.75) is 26.7 Å². The fraction of sp³-hybridized carbons (Fsp3) is 0.364. The highest BCUT2D eigenvalue weighted by molar-refractivity contribution is 5.41. The predicted molar refractivity (Wildman–Crippen MR) is 53.4 cm³/mol. The Kier molecular flexibility index (Phi) is 6.35. The maximum Gasteiger partial charge on any atom is 0.133 e. The number of hydrogen-bond acceptors (Lipinski definition) is 2. The smallest absolute Gasteiger partial charge is 0.133 e. The number of benzene rings is 1. The molecule has 0 aromatic heterocycles. The summed E-state index contributed by atoms with van der Waals surface area (Å²) in [6.07, 6.45) is 2.64. The molecule has 0 aliphatic rings. The van der Waals surface area contributed by atoms with Crippen LogP contribution in [0.1, 0.15) is 32.3 Å². The Labute approximate surface area is 79.4 Å². The first-order chi connectivity index (χ1) is 6.26. The Bertz CT molecular complexity index is 274. The second kappa shape index (κ2) is 7.17. The van der Waals surface area contributed by atoms with Crippen LogP contribution in [-0.4, -0.2) is 5.11 Å². The SMILES string of the molecule is CCCC.N#Cc1ccccc1O. The van der Waals surface area contributed by atoms with Crippen LogP contribution < -0.4 is 0 Å². The zero-order chi connectivity index (χ0) is 10.1. The number of nitrogens with zero attached hydrogens (tertiary/aromatic N) is 1. The number of rotatable bonds is 1. The molecule has 0 fully saturated rings. The van der Waals surface area contributed by atoms with Gasteiger partial charge in [0, 0.05) is 0 Å². The van der Waals surface area contributed by atoms with Gasteiger partial charge in [-0.15, -0.1) is 0 Å². The van der Waals surface area contributed by atoms with Crippen molar-refractivity contribution in [2.24, 2.45) is 0 Å². The molecule has 0 radical (unpaired) electrons. The van der Waals surface area contributed by atoms with E-state index in [4.69, 9.17) is 10.4 Å². The van der Waals surface area contributed by atoms with E-state index in [0.717, 1.165) is 0 Å². The van der Waals surface area contributed by atoms with Crippen molar-refractivity contribution in [1.29, 1.82) is 5.26 Å². The second-order valence-electron chi connectivity index (χ2n) is 2.63. The van der Waals surface area contributed by atoms with Crippen LogP contribution >= 0.6 is 0 Å². The van der Waals surface area contributed by atoms with Gasteiger partial charge in [0.2, 0.25) is 0 Å². The zero-order valence-electron chi connectivity index (χ0n) is 8.12. The predicted octanol–water partition coefficient (Wildman–Crippen LogP) is 3.07. The van der Waals surface area contributed by atoms with E-state index in [1.807, 2.05) is 6.07 Å². The lowest BCUT2D eigenvalue weighted by Crippen LogP contribution is -1.71. The van der Waals surface area contributed by atoms with Crippen LogP contribution in [0, 0.1) is 11.3 Å². The molecule has 0 saturated heterocycles. The molecule has 13 heavy (non-hydrogen) atoms. The van der Waals surface area contributed by atoms with Crippen LogP contribution in [-0.2, 0) is 0 Å². The van der Waals surface area contributed by atoms with Gasteiger partial charge >= 0.3 is 0 Å². The van der Waals surface area contributed by atoms with E-state index < -0.39 is 0 Å². The van der Waals surface area contributed by atoms with Gasteiger partial charge < -0.3 is 5.11 Å². The molecule has 2 heteroatoms. The summed E-state index contributed by atoms with van der Waals surface area (Å²) in [6.45, 7) is 4.36. The normalized spacial score (nSPS) is 8.08. The van der Waals surface area contributed by atoms with E-state index in [9.17, 15) is 0 Å². The quantitative estimate of drug-likeness (QED) is 0.716. The molecule has 0 spiro atoms. The lowest BCUT2D eigenvalue weighted by molar-refractivity contribution is 0.473. The number of phenolic OH excluding ortho intramolecular Hbond substituents is 1. The molecule has 0 saturated carbocycles. The summed E-state index contributed by atoms with van der Waals surface area (Å²) in [5.74, 6) is 0.0417. The largest absolute Gasteiger partial charge is 0.507 e. The fourth-order valence-corrected chi connectivity index (χ4v) is 0.568. The molecule has 0 heterocycles. The highest BCUT2D eigenvalue weighted by Gasteiger charge is 1.93. The van der Waals surface area contributed by atoms with E-state index in [2.05, 4.69) is 13.8 Å². The maximum atomic E-state index is 8.89. The highest BCUT2D eigenvalue weighted by atomic mass is 16.3. The van der Waals surface area contributed by atoms with Crippen molar-refractivity contribution in [3.05, 3.63) is 29.8 Å². The third-order valence-electron chi connectivity index (χ3n) is 1.52. The number of unbranched alkanes of at least 4 members (excludes halogenated alkanes) is 1. The minimum Gasteiger partial charge on any atom is -0.507 e. The molecule has 0 unspecified atom stereocenters. The number of nitriles is 1. The van der Waals surface area contributed by atoms with Gasteiger partial charge in [0.05, 0.1) is 5.56 Å². The minimum atomic E-state index is 0.0417. The molecule has 0 amide bonds. The van der Waals surface area contributed by atoms with E-state index in [-0.39, 0.29) is 5.75 Å². The van der Waals surface area contributed by atoms with E-state index >= 15 is 0 Å². The number of phenols is 1. The molecule has 1 rings (SSSR count). The Morgan fingerprint density at radius 1 is 1.23 bits per heavy atom. The molecular weight excluding hydrogens is 162 g/mol. The molecule has 0 bridgehead atoms. The van der Waals surface area contributed by atoms with Crippen LogP contribution in [0.3, 0.4) is 0 Å². The summed E-state index contributed by atoms with van der Waals surface area (Å²) in [5, 5.41) is 17.2. The molecule has 2 nitrogen and oxygen atoms in total. The second-order valence-corrected chi connectivity index (χ2v) is 2.63. The molecule has 0 atom stereocenters. The van der Waals surface area contributed by atoms with Gasteiger partial charge in [-0.1, -0.05) is 38.8 Å². The first-order valence-electron chi connectivity index (χ1n) is 4.44. The first kappa shape index (κ1) is 11.5. The van der Waals surface area contributed by atoms with Gasteiger partial charge in [0.25, 0.3) is 0 Å². The van der Waals surface area contributed by atoms with Crippen molar-refractivity contribution < 1.29 is 5.11 Å². The summed E-state index contributed by atoms with van der Waals surface area (Å²) in [5.41, 5.74) is 0.317. The molecule has 1 N–H and O–H groups in total. The van der Waals surface area contributed by atoms with Crippen LogP contribution in [0.5, 0.6) is 5.75 Å². The van der Waals surface area contributed by atoms with Gasteiger partial charge in [0.1, 0.15) is 11.8 Å². The molecule has 70 valence electrons. The van der Waals surface area contributed by atoms with Crippen molar-refractivity contribution in [3.8, 4) is 11.8 Å². The fourth-order valence-electron chi connectivity index (χ4n) is 0.568. The van der Waals surface area contributed by atoms with Crippen LogP contribution in [0.2, 0.25) is 0 Å². The van der Waals surface area contributed by atoms with Crippen LogP contribution in [0.25, 0.3) is 0 Å². The molecule has 0 aliphatic carbocycles. The molecule has 0 aliphatic heterocycles. The Morgan fingerprint density at radius 3 is 2.08 bits per heavy atom. The summed E-state index contributed by atoms with van der Waals surface area (Å²) in [7, 11) is 0. The maximum absolute atomic E-state index is 8.89. The van der Waals surface area contributed by atoms with Crippen molar-refractivity contribution in [2.75, 3.05) is 0 Å². The highest BCUT2D eigenvalue weighted by Crippen LogP contribution is 2.12. The van der Waals surface area contributed by atoms with Crippen molar-refractivity contribution >= 4 is 0 Å². The van der Waals surface area contributed by atoms with Gasteiger partial charge in [-0.05, 0) is 12.1 Å². The molecule has 1 aromatic rings. The van der Waals surface area contributed by atoms with E-state index in [1.54, 1.807) is 18.2 Å². The zero-order valence-corrected chi connectivity index (χ0v) is 8.12. The standard InChI is InChI=1S/C7H5NO.C4H10/c8-5-6-3-1-2-4-7(6)9;1-3-4-2/h1-4,9H;3-4H2,1-2H3. The van der Waals surface area contributed by atoms with E-state index in [1.165, 1.54) is 18.9 Å². The summed E-state index contributed by atoms with van der Waals surface area (Å²) in [6, 6.07) is 8.28. The van der Waals surface area contributed by atoms with Gasteiger partial charge in [-0.2, -0.15) is 5.26 Å². The molecular formula is C11H15NO. The monoisotopic (exact) mass is 177 g/mol. The average Bonchev–Trinajstić information content (AvgIpc) is 2.19. The average molecular weight is 177 g/mol. The molecule has 1 aromatic carbocycles.